The van der Waals surface area contributed by atoms with Crippen LogP contribution in [0.4, 0.5) is 0 Å². The van der Waals surface area contributed by atoms with Crippen molar-refractivity contribution in [3.05, 3.63) is 125 Å². The minimum Gasteiger partial charge on any atom is -0.469 e. The lowest BCUT2D eigenvalue weighted by Crippen LogP contribution is -2.28. The highest BCUT2D eigenvalue weighted by Crippen LogP contribution is 2.42. The van der Waals surface area contributed by atoms with Crippen LogP contribution in [-0.4, -0.2) is 118 Å². The first-order valence-corrected chi connectivity index (χ1v) is 23.8. The minimum absolute atomic E-state index is 0.0496. The smallest absolute Gasteiger partial charge is 0.308 e. The molecule has 8 rings (SSSR count). The molecule has 6 aromatic rings. The van der Waals surface area contributed by atoms with E-state index in [0.717, 1.165) is 22.3 Å². The molecule has 2 N–H and O–H groups in total. The first-order chi connectivity index (χ1) is 32.8. The van der Waals surface area contributed by atoms with Crippen LogP contribution in [0, 0.1) is 27.7 Å². The van der Waals surface area contributed by atoms with Crippen LogP contribution < -0.4 is 10.6 Å². The molecule has 0 saturated carbocycles. The Bertz CT molecular complexity index is 2760. The standard InChI is InChI=1S/C46H46Cl2N10O8S2/c1-23-35-37(27-7-11-29(47)12-8-27)51-31(21-33(59)63-5)41-55-53-25(3)57(41)45(35)67-39(23)43(61)49-15-17-65-19-20-66-18-16-50-44(62)40-24(2)36-38(28-9-13-30(48)14-10-28)52-32(22-34(60)64-6)42-56-54-26(4)58(42)46(36)68-40/h7-14,31-32H,15-22H2,1-6H3,(H,49,61)(H,50,62)/t31-,32-/m0/s1. The number of methoxy groups -OCH3 is 2. The molecule has 68 heavy (non-hydrogen) atoms. The number of hydrogen-bond acceptors (Lipinski definition) is 16. The third kappa shape index (κ3) is 9.88. The maximum absolute atomic E-state index is 13.7. The fraction of sp³-hybridized carbons (Fsp3) is 0.348. The van der Waals surface area contributed by atoms with Crippen molar-refractivity contribution in [2.45, 2.75) is 52.6 Å². The number of fused-ring (bicyclic) bond motifs is 6. The molecule has 0 radical (unpaired) electrons. The van der Waals surface area contributed by atoms with E-state index >= 15 is 0 Å². The molecule has 0 unspecified atom stereocenters. The summed E-state index contributed by atoms with van der Waals surface area (Å²) >= 11 is 15.1. The van der Waals surface area contributed by atoms with Crippen LogP contribution in [-0.2, 0) is 28.5 Å². The van der Waals surface area contributed by atoms with E-state index in [1.165, 1.54) is 36.9 Å². The average Bonchev–Trinajstić information content (AvgIpc) is 4.05. The van der Waals surface area contributed by atoms with E-state index in [9.17, 15) is 19.2 Å². The fourth-order valence-electron chi connectivity index (χ4n) is 7.92. The van der Waals surface area contributed by atoms with Gasteiger partial charge in [-0.3, -0.25) is 38.3 Å². The van der Waals surface area contributed by atoms with Gasteiger partial charge < -0.3 is 29.6 Å². The van der Waals surface area contributed by atoms with Gasteiger partial charge in [-0.25, -0.2) is 0 Å². The normalized spacial score (nSPS) is 14.9. The highest BCUT2D eigenvalue weighted by molar-refractivity contribution is 7.17. The molecule has 6 heterocycles. The Kier molecular flexibility index (Phi) is 14.9. The number of hydrogen-bond donors (Lipinski definition) is 2. The Morgan fingerprint density at radius 3 is 1.34 bits per heavy atom. The first kappa shape index (κ1) is 48.3. The lowest BCUT2D eigenvalue weighted by atomic mass is 9.99. The molecule has 2 aliphatic rings. The molecular weight excluding hydrogens is 956 g/mol. The molecule has 0 bridgehead atoms. The van der Waals surface area contributed by atoms with E-state index in [1.54, 1.807) is 24.3 Å². The van der Waals surface area contributed by atoms with Crippen LogP contribution in [0.25, 0.3) is 10.0 Å². The number of aromatic nitrogens is 6. The van der Waals surface area contributed by atoms with Gasteiger partial charge in [-0.15, -0.1) is 43.1 Å². The molecule has 2 aromatic carbocycles. The predicted octanol–water partition coefficient (Wildman–Crippen LogP) is 6.61. The van der Waals surface area contributed by atoms with Gasteiger partial charge in [0.1, 0.15) is 33.7 Å². The summed E-state index contributed by atoms with van der Waals surface area (Å²) in [6.45, 7) is 8.84. The lowest BCUT2D eigenvalue weighted by molar-refractivity contribution is -0.142. The molecule has 354 valence electrons. The summed E-state index contributed by atoms with van der Waals surface area (Å²) in [7, 11) is 2.65. The van der Waals surface area contributed by atoms with Crippen molar-refractivity contribution in [2.24, 2.45) is 9.98 Å². The van der Waals surface area contributed by atoms with Crippen LogP contribution in [0.1, 0.15) is 101 Å². The van der Waals surface area contributed by atoms with Crippen LogP contribution in [0.2, 0.25) is 10.0 Å². The Hall–Kier alpha value is -6.16. The number of thiophene rings is 2. The van der Waals surface area contributed by atoms with Gasteiger partial charge >= 0.3 is 11.9 Å². The van der Waals surface area contributed by atoms with Crippen LogP contribution >= 0.6 is 45.9 Å². The van der Waals surface area contributed by atoms with Crippen molar-refractivity contribution >= 4 is 81.1 Å². The number of nitrogens with one attached hydrogen (secondary N) is 2. The van der Waals surface area contributed by atoms with Crippen molar-refractivity contribution < 1.29 is 38.1 Å². The van der Waals surface area contributed by atoms with Crippen LogP contribution in [0.15, 0.2) is 58.5 Å². The summed E-state index contributed by atoms with van der Waals surface area (Å²) in [4.78, 5) is 63.4. The number of benzene rings is 2. The number of ether oxygens (including phenoxy) is 4. The molecule has 2 atom stereocenters. The highest BCUT2D eigenvalue weighted by Gasteiger charge is 2.36. The lowest BCUT2D eigenvalue weighted by Gasteiger charge is -2.12. The predicted molar refractivity (Wildman–Crippen MR) is 257 cm³/mol. The third-order valence-corrected chi connectivity index (χ3v) is 14.3. The second-order valence-corrected chi connectivity index (χ2v) is 18.5. The quantitative estimate of drug-likeness (QED) is 0.0729. The molecule has 0 aliphatic carbocycles. The van der Waals surface area contributed by atoms with Gasteiger partial charge in [-0.1, -0.05) is 47.5 Å². The van der Waals surface area contributed by atoms with Crippen molar-refractivity contribution in [1.29, 1.82) is 0 Å². The number of amides is 2. The molecule has 0 spiro atoms. The van der Waals surface area contributed by atoms with Crippen molar-refractivity contribution in [3.63, 3.8) is 0 Å². The van der Waals surface area contributed by atoms with Gasteiger partial charge in [0, 0.05) is 45.4 Å². The summed E-state index contributed by atoms with van der Waals surface area (Å²) < 4.78 is 25.2. The molecule has 2 aliphatic heterocycles. The molecule has 0 saturated heterocycles. The maximum atomic E-state index is 13.7. The number of aryl methyl sites for hydroxylation is 2. The van der Waals surface area contributed by atoms with Gasteiger partial charge in [0.05, 0.1) is 74.7 Å². The highest BCUT2D eigenvalue weighted by atomic mass is 35.5. The maximum Gasteiger partial charge on any atom is 0.308 e. The SMILES string of the molecule is COC(=O)C[C@@H]1N=C(c2ccc(Cl)cc2)c2c(sc(C(=O)NCCOCCOCCNC(=O)c3sc4c(c3C)C(c3ccc(Cl)cc3)=N[C@@H](CC(=O)OC)c3nnc(C)n3-4)c2C)-n2c(C)nnc21. The summed E-state index contributed by atoms with van der Waals surface area (Å²) in [6, 6.07) is 13.1. The molecule has 2 amide bonds. The van der Waals surface area contributed by atoms with Gasteiger partial charge in [-0.05, 0) is 63.1 Å². The largest absolute Gasteiger partial charge is 0.469 e. The summed E-state index contributed by atoms with van der Waals surface area (Å²) in [5, 5.41) is 25.8. The zero-order valence-electron chi connectivity index (χ0n) is 37.8. The van der Waals surface area contributed by atoms with E-state index in [0.29, 0.717) is 75.6 Å². The Balaban J connectivity index is 0.857. The minimum atomic E-state index is -0.686. The summed E-state index contributed by atoms with van der Waals surface area (Å²) in [5.74, 6) is 0.638. The first-order valence-electron chi connectivity index (χ1n) is 21.4. The number of esters is 2. The number of nitrogens with zero attached hydrogens (tertiary/aromatic N) is 8. The fourth-order valence-corrected chi connectivity index (χ4v) is 10.7. The van der Waals surface area contributed by atoms with Gasteiger partial charge in [0.2, 0.25) is 0 Å². The Morgan fingerprint density at radius 2 is 0.971 bits per heavy atom. The van der Waals surface area contributed by atoms with Crippen molar-refractivity contribution in [1.82, 2.24) is 40.2 Å². The summed E-state index contributed by atoms with van der Waals surface area (Å²) in [5.41, 5.74) is 5.58. The second-order valence-electron chi connectivity index (χ2n) is 15.7. The van der Waals surface area contributed by atoms with Crippen LogP contribution in [0.3, 0.4) is 0 Å². The van der Waals surface area contributed by atoms with Gasteiger partial charge in [0.25, 0.3) is 11.8 Å². The number of aliphatic imine (C=N–C) groups is 2. The third-order valence-electron chi connectivity index (χ3n) is 11.3. The average molecular weight is 1000 g/mol. The van der Waals surface area contributed by atoms with E-state index in [-0.39, 0.29) is 64.2 Å². The zero-order chi connectivity index (χ0) is 48.2. The molecular formula is C46H46Cl2N10O8S2. The number of carbonyl (C=O) groups excluding carboxylic acids is 4. The number of halogens is 2. The monoisotopic (exact) mass is 1000 g/mol. The molecule has 4 aromatic heterocycles. The van der Waals surface area contributed by atoms with Crippen LogP contribution in [0.5, 0.6) is 0 Å². The van der Waals surface area contributed by atoms with E-state index < -0.39 is 24.0 Å². The van der Waals surface area contributed by atoms with Gasteiger partial charge in [-0.2, -0.15) is 0 Å². The van der Waals surface area contributed by atoms with Crippen molar-refractivity contribution in [2.75, 3.05) is 53.7 Å². The summed E-state index contributed by atoms with van der Waals surface area (Å²) in [6.07, 6.45) is -0.0991. The van der Waals surface area contributed by atoms with Gasteiger partial charge in [0.15, 0.2) is 11.6 Å². The number of carbonyl (C=O) groups is 4. The van der Waals surface area contributed by atoms with Crippen molar-refractivity contribution in [3.8, 4) is 10.0 Å². The Morgan fingerprint density at radius 1 is 0.588 bits per heavy atom. The number of rotatable bonds is 17. The van der Waals surface area contributed by atoms with E-state index in [2.05, 4.69) is 31.0 Å². The topological polar surface area (TPSA) is 215 Å². The molecule has 22 heteroatoms. The molecule has 18 nitrogen and oxygen atoms in total. The molecule has 0 fully saturated rings. The second kappa shape index (κ2) is 21.0. The Labute approximate surface area is 408 Å². The van der Waals surface area contributed by atoms with E-state index in [4.69, 9.17) is 52.1 Å². The van der Waals surface area contributed by atoms with E-state index in [1.807, 2.05) is 61.1 Å². The zero-order valence-corrected chi connectivity index (χ0v) is 41.0.